The second-order valence-corrected chi connectivity index (χ2v) is 5.67. The van der Waals surface area contributed by atoms with Crippen LogP contribution in [-0.4, -0.2) is 22.0 Å². The Bertz CT molecular complexity index is 689. The Balaban J connectivity index is 2.32. The monoisotopic (exact) mass is 398 g/mol. The molecule has 0 unspecified atom stereocenters. The van der Waals surface area contributed by atoms with E-state index in [0.29, 0.717) is 14.5 Å². The summed E-state index contributed by atoms with van der Waals surface area (Å²) in [6.45, 7) is 0. The molecule has 102 valence electrons. The van der Waals surface area contributed by atoms with Gasteiger partial charge in [-0.15, -0.1) is 0 Å². The van der Waals surface area contributed by atoms with E-state index in [9.17, 15) is 9.59 Å². The van der Waals surface area contributed by atoms with E-state index >= 15 is 0 Å². The number of carboxylic acids is 1. The van der Waals surface area contributed by atoms with E-state index in [1.165, 1.54) is 18.3 Å². The van der Waals surface area contributed by atoms with Crippen LogP contribution in [0.2, 0.25) is 0 Å². The van der Waals surface area contributed by atoms with Crippen molar-refractivity contribution >= 4 is 49.4 Å². The highest BCUT2D eigenvalue weighted by Gasteiger charge is 2.14. The standard InChI is InChI=1S/C13H8Br2N2O3/c14-8-1-2-10(13(19)20)11(4-8)17-12(18)7-3-9(15)6-16-5-7/h1-6H,(H,17,18)(H,19,20). The maximum Gasteiger partial charge on any atom is 0.337 e. The highest BCUT2D eigenvalue weighted by molar-refractivity contribution is 9.10. The molecule has 2 N–H and O–H groups in total. The maximum atomic E-state index is 12.1. The summed E-state index contributed by atoms with van der Waals surface area (Å²) in [7, 11) is 0. The summed E-state index contributed by atoms with van der Waals surface area (Å²) < 4.78 is 1.34. The Morgan fingerprint density at radius 2 is 1.85 bits per heavy atom. The van der Waals surface area contributed by atoms with Crippen LogP contribution in [0.3, 0.4) is 0 Å². The molecular weight excluding hydrogens is 392 g/mol. The van der Waals surface area contributed by atoms with Crippen molar-refractivity contribution in [2.45, 2.75) is 0 Å². The summed E-state index contributed by atoms with van der Waals surface area (Å²) in [4.78, 5) is 27.1. The molecule has 0 aliphatic carbocycles. The van der Waals surface area contributed by atoms with Gasteiger partial charge in [-0.1, -0.05) is 15.9 Å². The van der Waals surface area contributed by atoms with Crippen LogP contribution in [0.5, 0.6) is 0 Å². The van der Waals surface area contributed by atoms with E-state index in [4.69, 9.17) is 5.11 Å². The Kier molecular flexibility index (Phi) is 4.51. The Labute approximate surface area is 131 Å². The molecule has 0 atom stereocenters. The number of carbonyl (C=O) groups is 2. The maximum absolute atomic E-state index is 12.1. The zero-order valence-corrected chi connectivity index (χ0v) is 13.1. The lowest BCUT2D eigenvalue weighted by Crippen LogP contribution is -2.15. The van der Waals surface area contributed by atoms with Crippen LogP contribution in [0.4, 0.5) is 5.69 Å². The van der Waals surface area contributed by atoms with Crippen LogP contribution < -0.4 is 5.32 Å². The van der Waals surface area contributed by atoms with Crippen molar-refractivity contribution in [2.24, 2.45) is 0 Å². The molecule has 2 rings (SSSR count). The number of aromatic carboxylic acids is 1. The third-order valence-corrected chi connectivity index (χ3v) is 3.35. The van der Waals surface area contributed by atoms with E-state index in [1.807, 2.05) is 0 Å². The second kappa shape index (κ2) is 6.15. The molecule has 5 nitrogen and oxygen atoms in total. The molecule has 1 aromatic carbocycles. The summed E-state index contributed by atoms with van der Waals surface area (Å²) in [6, 6.07) is 6.15. The molecule has 20 heavy (non-hydrogen) atoms. The largest absolute Gasteiger partial charge is 0.478 e. The fourth-order valence-corrected chi connectivity index (χ4v) is 2.26. The molecule has 1 heterocycles. The van der Waals surface area contributed by atoms with E-state index in [-0.39, 0.29) is 11.3 Å². The fourth-order valence-electron chi connectivity index (χ4n) is 1.54. The highest BCUT2D eigenvalue weighted by atomic mass is 79.9. The first-order valence-corrected chi connectivity index (χ1v) is 7.00. The molecule has 0 aliphatic heterocycles. The first kappa shape index (κ1) is 14.7. The van der Waals surface area contributed by atoms with E-state index < -0.39 is 11.9 Å². The van der Waals surface area contributed by atoms with Crippen LogP contribution in [0.15, 0.2) is 45.6 Å². The fraction of sp³-hybridized carbons (Fsp3) is 0. The van der Waals surface area contributed by atoms with Crippen LogP contribution >= 0.6 is 31.9 Å². The van der Waals surface area contributed by atoms with Crippen molar-refractivity contribution in [1.29, 1.82) is 0 Å². The molecule has 1 amide bonds. The summed E-state index contributed by atoms with van der Waals surface area (Å²) in [5.74, 6) is -1.54. The number of amides is 1. The number of hydrogen-bond acceptors (Lipinski definition) is 3. The lowest BCUT2D eigenvalue weighted by molar-refractivity contribution is 0.0698. The van der Waals surface area contributed by atoms with Crippen LogP contribution in [0.1, 0.15) is 20.7 Å². The van der Waals surface area contributed by atoms with Crippen LogP contribution in [0.25, 0.3) is 0 Å². The average molecular weight is 400 g/mol. The molecule has 2 aromatic rings. The SMILES string of the molecule is O=C(Nc1cc(Br)ccc1C(=O)O)c1cncc(Br)c1. The quantitative estimate of drug-likeness (QED) is 0.826. The van der Waals surface area contributed by atoms with Gasteiger partial charge >= 0.3 is 5.97 Å². The van der Waals surface area contributed by atoms with Gasteiger partial charge in [0.2, 0.25) is 0 Å². The predicted octanol–water partition coefficient (Wildman–Crippen LogP) is 3.56. The summed E-state index contributed by atoms with van der Waals surface area (Å²) in [5.41, 5.74) is 0.567. The zero-order valence-electron chi connectivity index (χ0n) is 9.93. The number of aromatic nitrogens is 1. The summed E-state index contributed by atoms with van der Waals surface area (Å²) in [6.07, 6.45) is 2.96. The number of nitrogens with zero attached hydrogens (tertiary/aromatic N) is 1. The number of hydrogen-bond donors (Lipinski definition) is 2. The van der Waals surface area contributed by atoms with Crippen molar-refractivity contribution in [3.8, 4) is 0 Å². The molecule has 7 heteroatoms. The topological polar surface area (TPSA) is 79.3 Å². The lowest BCUT2D eigenvalue weighted by Gasteiger charge is -2.09. The number of rotatable bonds is 3. The Morgan fingerprint density at radius 3 is 2.50 bits per heavy atom. The number of nitrogens with one attached hydrogen (secondary N) is 1. The first-order valence-electron chi connectivity index (χ1n) is 5.42. The van der Waals surface area contributed by atoms with Gasteiger partial charge in [-0.25, -0.2) is 4.79 Å². The van der Waals surface area contributed by atoms with E-state index in [0.717, 1.165) is 0 Å². The molecule has 0 saturated heterocycles. The molecule has 0 saturated carbocycles. The van der Waals surface area contributed by atoms with Gasteiger partial charge in [0.1, 0.15) is 0 Å². The molecule has 0 aliphatic rings. The van der Waals surface area contributed by atoms with Gasteiger partial charge in [0.15, 0.2) is 0 Å². The minimum Gasteiger partial charge on any atom is -0.478 e. The number of carboxylic acid groups (broad SMARTS) is 1. The number of anilines is 1. The normalized spacial score (nSPS) is 10.1. The highest BCUT2D eigenvalue weighted by Crippen LogP contribution is 2.22. The molecule has 0 fully saturated rings. The van der Waals surface area contributed by atoms with Crippen molar-refractivity contribution in [3.63, 3.8) is 0 Å². The summed E-state index contributed by atoms with van der Waals surface area (Å²) in [5, 5.41) is 11.7. The number of halogens is 2. The smallest absolute Gasteiger partial charge is 0.337 e. The minimum absolute atomic E-state index is 0.0181. The van der Waals surface area contributed by atoms with Gasteiger partial charge in [-0.3, -0.25) is 9.78 Å². The third-order valence-electron chi connectivity index (χ3n) is 2.43. The predicted molar refractivity (Wildman–Crippen MR) is 81.0 cm³/mol. The Hall–Kier alpha value is -1.73. The molecule has 1 aromatic heterocycles. The van der Waals surface area contributed by atoms with E-state index in [2.05, 4.69) is 42.2 Å². The summed E-state index contributed by atoms with van der Waals surface area (Å²) >= 11 is 6.46. The minimum atomic E-state index is -1.11. The van der Waals surface area contributed by atoms with Gasteiger partial charge in [-0.05, 0) is 40.2 Å². The van der Waals surface area contributed by atoms with Crippen LogP contribution in [-0.2, 0) is 0 Å². The molecule has 0 bridgehead atoms. The number of carbonyl (C=O) groups excluding carboxylic acids is 1. The molecule has 0 spiro atoms. The molecule has 0 radical (unpaired) electrons. The third kappa shape index (κ3) is 3.43. The van der Waals surface area contributed by atoms with Crippen molar-refractivity contribution in [1.82, 2.24) is 4.98 Å². The number of benzene rings is 1. The van der Waals surface area contributed by atoms with Gasteiger partial charge in [-0.2, -0.15) is 0 Å². The molecular formula is C13H8Br2N2O3. The van der Waals surface area contributed by atoms with Gasteiger partial charge in [0.25, 0.3) is 5.91 Å². The van der Waals surface area contributed by atoms with Gasteiger partial charge in [0, 0.05) is 21.3 Å². The zero-order chi connectivity index (χ0) is 14.7. The van der Waals surface area contributed by atoms with Crippen molar-refractivity contribution in [3.05, 3.63) is 56.7 Å². The second-order valence-electron chi connectivity index (χ2n) is 3.84. The number of pyridine rings is 1. The lowest BCUT2D eigenvalue weighted by atomic mass is 10.1. The van der Waals surface area contributed by atoms with Gasteiger partial charge in [0.05, 0.1) is 16.8 Å². The first-order chi connectivity index (χ1) is 9.47. The van der Waals surface area contributed by atoms with Crippen molar-refractivity contribution < 1.29 is 14.7 Å². The van der Waals surface area contributed by atoms with Crippen LogP contribution in [0, 0.1) is 0 Å². The van der Waals surface area contributed by atoms with Crippen molar-refractivity contribution in [2.75, 3.05) is 5.32 Å². The Morgan fingerprint density at radius 1 is 1.10 bits per heavy atom. The van der Waals surface area contributed by atoms with E-state index in [1.54, 1.807) is 18.3 Å². The average Bonchev–Trinajstić information content (AvgIpc) is 2.38. The van der Waals surface area contributed by atoms with Gasteiger partial charge < -0.3 is 10.4 Å².